The monoisotopic (exact) mass is 170 g/mol. The maximum absolute atomic E-state index is 11.1. The first-order valence-corrected chi connectivity index (χ1v) is 4.25. The lowest BCUT2D eigenvalue weighted by Crippen LogP contribution is -2.40. The van der Waals surface area contributed by atoms with Gasteiger partial charge in [-0.3, -0.25) is 4.79 Å². The summed E-state index contributed by atoms with van der Waals surface area (Å²) in [4.78, 5) is 11.1. The number of likely N-dealkylation sites (N-methyl/N-ethyl adjacent to an activating group) is 1. The van der Waals surface area contributed by atoms with Crippen LogP contribution in [0.5, 0.6) is 0 Å². The van der Waals surface area contributed by atoms with Crippen molar-refractivity contribution in [3.8, 4) is 0 Å². The summed E-state index contributed by atoms with van der Waals surface area (Å²) in [5, 5.41) is 5.96. The minimum absolute atomic E-state index is 0.0691. The number of hydrogen-bond acceptors (Lipinski definition) is 2. The second-order valence-electron chi connectivity index (χ2n) is 2.96. The number of hydrogen-bond donors (Lipinski definition) is 2. The number of rotatable bonds is 5. The smallest absolute Gasteiger partial charge is 0.246 e. The highest BCUT2D eigenvalue weighted by Crippen LogP contribution is 1.88. The number of carbonyl (C=O) groups excluding carboxylic acids is 1. The number of carbonyl (C=O) groups is 1. The van der Waals surface area contributed by atoms with Crippen molar-refractivity contribution in [2.24, 2.45) is 0 Å². The Hall–Kier alpha value is -0.830. The average Bonchev–Trinajstić information content (AvgIpc) is 2.00. The van der Waals surface area contributed by atoms with E-state index in [2.05, 4.69) is 17.2 Å². The predicted octanol–water partition coefficient (Wildman–Crippen LogP) is 0.677. The number of amides is 1. The zero-order chi connectivity index (χ0) is 9.56. The Bertz CT molecular complexity index is 166. The van der Waals surface area contributed by atoms with Crippen molar-refractivity contribution in [2.45, 2.75) is 26.8 Å². The van der Waals surface area contributed by atoms with Crippen LogP contribution in [0.2, 0.25) is 0 Å². The van der Waals surface area contributed by atoms with Crippen molar-refractivity contribution in [1.82, 2.24) is 10.6 Å². The van der Waals surface area contributed by atoms with Crippen molar-refractivity contribution in [2.75, 3.05) is 13.1 Å². The van der Waals surface area contributed by atoms with Gasteiger partial charge in [0.25, 0.3) is 0 Å². The van der Waals surface area contributed by atoms with E-state index in [4.69, 9.17) is 0 Å². The summed E-state index contributed by atoms with van der Waals surface area (Å²) in [5.41, 5.74) is 0.554. The minimum Gasteiger partial charge on any atom is -0.349 e. The molecule has 0 aliphatic rings. The van der Waals surface area contributed by atoms with E-state index in [-0.39, 0.29) is 11.9 Å². The summed E-state index contributed by atoms with van der Waals surface area (Å²) < 4.78 is 0. The van der Waals surface area contributed by atoms with Gasteiger partial charge in [-0.25, -0.2) is 0 Å². The highest BCUT2D eigenvalue weighted by Gasteiger charge is 2.05. The van der Waals surface area contributed by atoms with Gasteiger partial charge >= 0.3 is 0 Å². The van der Waals surface area contributed by atoms with Crippen LogP contribution in [0.3, 0.4) is 0 Å². The largest absolute Gasteiger partial charge is 0.349 e. The van der Waals surface area contributed by atoms with Gasteiger partial charge in [0, 0.05) is 18.2 Å². The lowest BCUT2D eigenvalue weighted by Gasteiger charge is -2.13. The summed E-state index contributed by atoms with van der Waals surface area (Å²) in [7, 11) is 0. The molecule has 0 aromatic carbocycles. The minimum atomic E-state index is -0.0691. The molecule has 0 saturated heterocycles. The second-order valence-corrected chi connectivity index (χ2v) is 2.96. The summed E-state index contributed by atoms with van der Waals surface area (Å²) in [6, 6.07) is 0.161. The normalized spacial score (nSPS) is 12.2. The Kier molecular flexibility index (Phi) is 5.37. The van der Waals surface area contributed by atoms with Gasteiger partial charge in [-0.1, -0.05) is 13.5 Å². The summed E-state index contributed by atoms with van der Waals surface area (Å²) >= 11 is 0. The Morgan fingerprint density at radius 3 is 2.58 bits per heavy atom. The fraction of sp³-hybridized carbons (Fsp3) is 0.667. The van der Waals surface area contributed by atoms with Gasteiger partial charge in [-0.2, -0.15) is 0 Å². The molecule has 0 saturated carbocycles. The van der Waals surface area contributed by atoms with Crippen LogP contribution in [0.25, 0.3) is 0 Å². The lowest BCUT2D eigenvalue weighted by atomic mass is 10.2. The van der Waals surface area contributed by atoms with Crippen molar-refractivity contribution in [3.05, 3.63) is 12.2 Å². The first kappa shape index (κ1) is 11.2. The molecule has 12 heavy (non-hydrogen) atoms. The van der Waals surface area contributed by atoms with Gasteiger partial charge in [0.15, 0.2) is 0 Å². The van der Waals surface area contributed by atoms with E-state index in [1.165, 1.54) is 0 Å². The number of nitrogens with one attached hydrogen (secondary N) is 2. The summed E-state index contributed by atoms with van der Waals surface area (Å²) in [5.74, 6) is -0.0691. The predicted molar refractivity (Wildman–Crippen MR) is 51.0 cm³/mol. The molecule has 3 nitrogen and oxygen atoms in total. The van der Waals surface area contributed by atoms with Crippen LogP contribution in [0.15, 0.2) is 12.2 Å². The maximum atomic E-state index is 11.1. The molecule has 0 aromatic rings. The van der Waals surface area contributed by atoms with E-state index in [1.54, 1.807) is 6.92 Å². The highest BCUT2D eigenvalue weighted by atomic mass is 16.1. The molecule has 0 spiro atoms. The molecule has 0 aromatic heterocycles. The van der Waals surface area contributed by atoms with Crippen LogP contribution in [0.4, 0.5) is 0 Å². The van der Waals surface area contributed by atoms with Crippen LogP contribution in [0.1, 0.15) is 20.8 Å². The van der Waals surface area contributed by atoms with Crippen molar-refractivity contribution in [3.63, 3.8) is 0 Å². The zero-order valence-electron chi connectivity index (χ0n) is 8.11. The molecule has 0 bridgehead atoms. The zero-order valence-corrected chi connectivity index (χ0v) is 8.11. The average molecular weight is 170 g/mol. The van der Waals surface area contributed by atoms with Crippen LogP contribution in [-0.2, 0) is 4.79 Å². The van der Waals surface area contributed by atoms with E-state index in [0.717, 1.165) is 13.1 Å². The molecule has 0 radical (unpaired) electrons. The van der Waals surface area contributed by atoms with Gasteiger partial charge in [0.2, 0.25) is 5.91 Å². The second kappa shape index (κ2) is 5.77. The van der Waals surface area contributed by atoms with Gasteiger partial charge in [0.1, 0.15) is 0 Å². The van der Waals surface area contributed by atoms with Gasteiger partial charge < -0.3 is 10.6 Å². The van der Waals surface area contributed by atoms with E-state index in [0.29, 0.717) is 5.57 Å². The van der Waals surface area contributed by atoms with Crippen LogP contribution < -0.4 is 10.6 Å². The first-order valence-electron chi connectivity index (χ1n) is 4.25. The first-order chi connectivity index (χ1) is 5.57. The SMILES string of the molecule is C=C(C)C(=O)NC(C)CNCC. The molecule has 1 atom stereocenters. The van der Waals surface area contributed by atoms with Crippen molar-refractivity contribution >= 4 is 5.91 Å². The van der Waals surface area contributed by atoms with E-state index in [9.17, 15) is 4.79 Å². The molecular formula is C9H18N2O. The Balaban J connectivity index is 3.61. The fourth-order valence-electron chi connectivity index (χ4n) is 0.759. The molecule has 0 fully saturated rings. The van der Waals surface area contributed by atoms with Gasteiger partial charge in [0.05, 0.1) is 0 Å². The molecular weight excluding hydrogens is 152 g/mol. The van der Waals surface area contributed by atoms with Gasteiger partial charge in [-0.05, 0) is 20.4 Å². The Labute approximate surface area is 74.2 Å². The maximum Gasteiger partial charge on any atom is 0.246 e. The molecule has 0 heterocycles. The lowest BCUT2D eigenvalue weighted by molar-refractivity contribution is -0.117. The summed E-state index contributed by atoms with van der Waals surface area (Å²) in [6.45, 7) is 11.0. The Morgan fingerprint density at radius 2 is 2.17 bits per heavy atom. The highest BCUT2D eigenvalue weighted by molar-refractivity contribution is 5.92. The molecule has 0 rings (SSSR count). The van der Waals surface area contributed by atoms with Crippen molar-refractivity contribution in [1.29, 1.82) is 0 Å². The fourth-order valence-corrected chi connectivity index (χ4v) is 0.759. The third-order valence-corrected chi connectivity index (χ3v) is 1.47. The topological polar surface area (TPSA) is 41.1 Å². The quantitative estimate of drug-likeness (QED) is 0.596. The molecule has 0 aliphatic carbocycles. The van der Waals surface area contributed by atoms with Crippen LogP contribution in [-0.4, -0.2) is 25.0 Å². The third-order valence-electron chi connectivity index (χ3n) is 1.47. The van der Waals surface area contributed by atoms with Crippen molar-refractivity contribution < 1.29 is 4.79 Å². The third kappa shape index (κ3) is 4.91. The van der Waals surface area contributed by atoms with Crippen LogP contribution in [0, 0.1) is 0 Å². The van der Waals surface area contributed by atoms with Crippen LogP contribution >= 0.6 is 0 Å². The molecule has 0 aliphatic heterocycles. The molecule has 1 unspecified atom stereocenters. The molecule has 1 amide bonds. The molecule has 70 valence electrons. The van der Waals surface area contributed by atoms with E-state index >= 15 is 0 Å². The van der Waals surface area contributed by atoms with E-state index in [1.807, 2.05) is 13.8 Å². The molecule has 3 heteroatoms. The molecule has 2 N–H and O–H groups in total. The Morgan fingerprint density at radius 1 is 1.58 bits per heavy atom. The van der Waals surface area contributed by atoms with E-state index < -0.39 is 0 Å². The standard InChI is InChI=1S/C9H18N2O/c1-5-10-6-8(4)11-9(12)7(2)3/h8,10H,2,5-6H2,1,3-4H3,(H,11,12). The van der Waals surface area contributed by atoms with Gasteiger partial charge in [-0.15, -0.1) is 0 Å². The summed E-state index contributed by atoms with van der Waals surface area (Å²) in [6.07, 6.45) is 0.